The van der Waals surface area contributed by atoms with Gasteiger partial charge in [-0.05, 0) is 45.4 Å². The van der Waals surface area contributed by atoms with Crippen molar-refractivity contribution in [2.45, 2.75) is 51.7 Å². The largest absolute Gasteiger partial charge is 0.381 e. The van der Waals surface area contributed by atoms with Crippen molar-refractivity contribution in [2.24, 2.45) is 0 Å². The Balaban J connectivity index is 0.000000241. The molecule has 0 aromatic heterocycles. The second-order valence-corrected chi connectivity index (χ2v) is 4.39. The van der Waals surface area contributed by atoms with E-state index >= 15 is 0 Å². The normalized spacial score (nSPS) is 19.3. The smallest absolute Gasteiger partial charge is 0.154 e. The lowest BCUT2D eigenvalue weighted by atomic mass is 10.2. The molecule has 0 spiro atoms. The Morgan fingerprint density at radius 1 is 0.667 bits per heavy atom. The van der Waals surface area contributed by atoms with Gasteiger partial charge in [0.1, 0.15) is 0 Å². The van der Waals surface area contributed by atoms with Crippen molar-refractivity contribution in [1.82, 2.24) is 0 Å². The van der Waals surface area contributed by atoms with Crippen molar-refractivity contribution < 1.29 is 18.9 Å². The SMILES string of the molecule is C1CCOCC1.C1CCOCC1.COC(C)OC. The van der Waals surface area contributed by atoms with Crippen molar-refractivity contribution in [3.8, 4) is 0 Å². The van der Waals surface area contributed by atoms with Gasteiger partial charge in [0.15, 0.2) is 6.29 Å². The van der Waals surface area contributed by atoms with Crippen LogP contribution >= 0.6 is 0 Å². The highest BCUT2D eigenvalue weighted by atomic mass is 16.7. The zero-order valence-electron chi connectivity index (χ0n) is 12.3. The van der Waals surface area contributed by atoms with E-state index in [0.717, 1.165) is 26.4 Å². The molecule has 4 heteroatoms. The molecule has 2 aliphatic heterocycles. The van der Waals surface area contributed by atoms with E-state index in [1.165, 1.54) is 38.5 Å². The van der Waals surface area contributed by atoms with Crippen molar-refractivity contribution in [2.75, 3.05) is 40.6 Å². The molecule has 2 aliphatic rings. The van der Waals surface area contributed by atoms with E-state index in [9.17, 15) is 0 Å². The second kappa shape index (κ2) is 14.9. The van der Waals surface area contributed by atoms with Crippen LogP contribution in [0.2, 0.25) is 0 Å². The monoisotopic (exact) mass is 262 g/mol. The number of hydrogen-bond acceptors (Lipinski definition) is 4. The Bertz CT molecular complexity index is 106. The van der Waals surface area contributed by atoms with Crippen molar-refractivity contribution in [1.29, 1.82) is 0 Å². The molecule has 0 amide bonds. The maximum Gasteiger partial charge on any atom is 0.154 e. The molecule has 18 heavy (non-hydrogen) atoms. The van der Waals surface area contributed by atoms with Crippen LogP contribution in [0, 0.1) is 0 Å². The predicted octanol–water partition coefficient (Wildman–Crippen LogP) is 3.00. The van der Waals surface area contributed by atoms with Gasteiger partial charge in [-0.25, -0.2) is 0 Å². The Morgan fingerprint density at radius 3 is 1.06 bits per heavy atom. The summed E-state index contributed by atoms with van der Waals surface area (Å²) in [4.78, 5) is 0. The van der Waals surface area contributed by atoms with Crippen LogP contribution < -0.4 is 0 Å². The lowest BCUT2D eigenvalue weighted by Crippen LogP contribution is -2.05. The van der Waals surface area contributed by atoms with Crippen LogP contribution in [0.5, 0.6) is 0 Å². The molecule has 0 saturated carbocycles. The molecule has 2 rings (SSSR count). The second-order valence-electron chi connectivity index (χ2n) is 4.39. The molecular formula is C14H30O4. The molecule has 2 fully saturated rings. The summed E-state index contributed by atoms with van der Waals surface area (Å²) in [7, 11) is 3.21. The van der Waals surface area contributed by atoms with Gasteiger partial charge in [0.2, 0.25) is 0 Å². The van der Waals surface area contributed by atoms with E-state index < -0.39 is 0 Å². The van der Waals surface area contributed by atoms with E-state index in [0.29, 0.717) is 0 Å². The van der Waals surface area contributed by atoms with Gasteiger partial charge in [-0.15, -0.1) is 0 Å². The molecule has 110 valence electrons. The first-order valence-corrected chi connectivity index (χ1v) is 7.02. The first-order chi connectivity index (χ1) is 8.81. The molecular weight excluding hydrogens is 232 g/mol. The first kappa shape index (κ1) is 17.8. The maximum atomic E-state index is 5.07. The van der Waals surface area contributed by atoms with Crippen LogP contribution in [0.3, 0.4) is 0 Å². The van der Waals surface area contributed by atoms with E-state index in [1.807, 2.05) is 6.92 Å². The quantitative estimate of drug-likeness (QED) is 0.717. The number of methoxy groups -OCH3 is 2. The van der Waals surface area contributed by atoms with Gasteiger partial charge in [-0.1, -0.05) is 0 Å². The molecule has 0 radical (unpaired) electrons. The molecule has 4 nitrogen and oxygen atoms in total. The van der Waals surface area contributed by atoms with Gasteiger partial charge in [0.25, 0.3) is 0 Å². The van der Waals surface area contributed by atoms with Gasteiger partial charge in [-0.3, -0.25) is 0 Å². The third-order valence-corrected chi connectivity index (χ3v) is 2.82. The fourth-order valence-corrected chi connectivity index (χ4v) is 1.47. The minimum Gasteiger partial charge on any atom is -0.381 e. The molecule has 0 atom stereocenters. The Hall–Kier alpha value is -0.160. The van der Waals surface area contributed by atoms with Gasteiger partial charge in [-0.2, -0.15) is 0 Å². The molecule has 0 unspecified atom stereocenters. The van der Waals surface area contributed by atoms with Crippen LogP contribution in [0.4, 0.5) is 0 Å². The van der Waals surface area contributed by atoms with Crippen LogP contribution in [-0.2, 0) is 18.9 Å². The summed E-state index contributed by atoms with van der Waals surface area (Å²) in [6, 6.07) is 0. The maximum absolute atomic E-state index is 5.07. The Kier molecular flexibility index (Phi) is 14.8. The summed E-state index contributed by atoms with van der Waals surface area (Å²) < 4.78 is 19.5. The number of ether oxygens (including phenoxy) is 4. The Labute approximate surface area is 112 Å². The summed E-state index contributed by atoms with van der Waals surface area (Å²) in [6.07, 6.45) is 7.80. The van der Waals surface area contributed by atoms with E-state index in [2.05, 4.69) is 9.47 Å². The highest BCUT2D eigenvalue weighted by Crippen LogP contribution is 2.02. The molecule has 0 bridgehead atoms. The van der Waals surface area contributed by atoms with Crippen molar-refractivity contribution in [3.05, 3.63) is 0 Å². The predicted molar refractivity (Wildman–Crippen MR) is 72.8 cm³/mol. The van der Waals surface area contributed by atoms with Crippen LogP contribution in [0.15, 0.2) is 0 Å². The van der Waals surface area contributed by atoms with Crippen LogP contribution in [-0.4, -0.2) is 46.9 Å². The zero-order valence-corrected chi connectivity index (χ0v) is 12.3. The minimum atomic E-state index is -0.0648. The zero-order chi connectivity index (χ0) is 13.5. The fourth-order valence-electron chi connectivity index (χ4n) is 1.47. The third kappa shape index (κ3) is 13.9. The van der Waals surface area contributed by atoms with Crippen LogP contribution in [0.25, 0.3) is 0 Å². The first-order valence-electron chi connectivity index (χ1n) is 7.02. The van der Waals surface area contributed by atoms with Crippen LogP contribution in [0.1, 0.15) is 45.4 Å². The summed E-state index contributed by atoms with van der Waals surface area (Å²) in [6.45, 7) is 5.83. The molecule has 2 heterocycles. The van der Waals surface area contributed by atoms with Gasteiger partial charge in [0, 0.05) is 40.6 Å². The Morgan fingerprint density at radius 2 is 1.00 bits per heavy atom. The average Bonchev–Trinajstić information content (AvgIpc) is 2.51. The highest BCUT2D eigenvalue weighted by molar-refractivity contribution is 4.45. The molecule has 2 saturated heterocycles. The highest BCUT2D eigenvalue weighted by Gasteiger charge is 1.95. The molecule has 0 N–H and O–H groups in total. The summed E-state index contributed by atoms with van der Waals surface area (Å²) in [5, 5.41) is 0. The summed E-state index contributed by atoms with van der Waals surface area (Å²) in [5.41, 5.74) is 0. The summed E-state index contributed by atoms with van der Waals surface area (Å²) in [5.74, 6) is 0. The van der Waals surface area contributed by atoms with Gasteiger partial charge < -0.3 is 18.9 Å². The van der Waals surface area contributed by atoms with Crippen molar-refractivity contribution in [3.63, 3.8) is 0 Å². The minimum absolute atomic E-state index is 0.0648. The summed E-state index contributed by atoms with van der Waals surface area (Å²) >= 11 is 0. The molecule has 0 aliphatic carbocycles. The fraction of sp³-hybridized carbons (Fsp3) is 1.00. The lowest BCUT2D eigenvalue weighted by molar-refractivity contribution is -0.0877. The van der Waals surface area contributed by atoms with E-state index in [-0.39, 0.29) is 6.29 Å². The standard InChI is InChI=1S/2C5H10O.C4H10O2/c2*1-2-4-6-5-3-1;1-4(5-2)6-3/h2*1-5H2;4H,1-3H3. The van der Waals surface area contributed by atoms with Gasteiger partial charge >= 0.3 is 0 Å². The number of hydrogen-bond donors (Lipinski definition) is 0. The molecule has 0 aromatic rings. The topological polar surface area (TPSA) is 36.9 Å². The van der Waals surface area contributed by atoms with Gasteiger partial charge in [0.05, 0.1) is 0 Å². The molecule has 0 aromatic carbocycles. The average molecular weight is 262 g/mol. The number of rotatable bonds is 2. The lowest BCUT2D eigenvalue weighted by Gasteiger charge is -2.08. The third-order valence-electron chi connectivity index (χ3n) is 2.82. The van der Waals surface area contributed by atoms with E-state index in [4.69, 9.17) is 9.47 Å². The van der Waals surface area contributed by atoms with Crippen molar-refractivity contribution >= 4 is 0 Å². The van der Waals surface area contributed by atoms with E-state index in [1.54, 1.807) is 14.2 Å².